The average molecular weight is 453 g/mol. The van der Waals surface area contributed by atoms with Crippen molar-refractivity contribution in [3.05, 3.63) is 65.2 Å². The number of carbonyl (C=O) groups is 2. The molecule has 1 atom stereocenters. The number of morpholine rings is 1. The van der Waals surface area contributed by atoms with Crippen LogP contribution < -0.4 is 9.47 Å². The van der Waals surface area contributed by atoms with Crippen molar-refractivity contribution in [2.24, 2.45) is 0 Å². The molecule has 2 aliphatic rings. The molecule has 2 aromatic carbocycles. The van der Waals surface area contributed by atoms with Crippen LogP contribution in [0.25, 0.3) is 5.76 Å². The summed E-state index contributed by atoms with van der Waals surface area (Å²) in [7, 11) is 3.00. The van der Waals surface area contributed by atoms with Crippen LogP contribution in [0, 0.1) is 0 Å². The van der Waals surface area contributed by atoms with Crippen LogP contribution in [0.15, 0.2) is 54.1 Å². The molecule has 0 aromatic heterocycles. The van der Waals surface area contributed by atoms with Crippen molar-refractivity contribution in [1.29, 1.82) is 0 Å². The van der Waals surface area contributed by atoms with E-state index in [-0.39, 0.29) is 11.3 Å². The van der Waals surface area contributed by atoms with Gasteiger partial charge in [-0.2, -0.15) is 0 Å². The molecule has 2 saturated heterocycles. The normalized spacial score (nSPS) is 20.8. The molecule has 2 fully saturated rings. The summed E-state index contributed by atoms with van der Waals surface area (Å²) < 4.78 is 16.1. The van der Waals surface area contributed by atoms with Crippen molar-refractivity contribution in [2.75, 3.05) is 53.6 Å². The molecule has 4 rings (SSSR count). The third kappa shape index (κ3) is 4.58. The lowest BCUT2D eigenvalue weighted by atomic mass is 9.95. The quantitative estimate of drug-likeness (QED) is 0.392. The van der Waals surface area contributed by atoms with Crippen molar-refractivity contribution in [3.63, 3.8) is 0 Å². The van der Waals surface area contributed by atoms with Gasteiger partial charge in [0, 0.05) is 32.2 Å². The van der Waals surface area contributed by atoms with Crippen LogP contribution in [0.2, 0.25) is 0 Å². The number of hydrogen-bond donors (Lipinski definition) is 1. The minimum Gasteiger partial charge on any atom is -0.507 e. The minimum atomic E-state index is -0.707. The maximum Gasteiger partial charge on any atom is 0.295 e. The van der Waals surface area contributed by atoms with Crippen LogP contribution in [-0.4, -0.2) is 80.2 Å². The fourth-order valence-electron chi connectivity index (χ4n) is 4.31. The van der Waals surface area contributed by atoms with Gasteiger partial charge >= 0.3 is 0 Å². The average Bonchev–Trinajstić information content (AvgIpc) is 3.12. The van der Waals surface area contributed by atoms with E-state index in [9.17, 15) is 14.7 Å². The van der Waals surface area contributed by atoms with E-state index in [4.69, 9.17) is 14.2 Å². The Morgan fingerprint density at radius 2 is 1.76 bits per heavy atom. The van der Waals surface area contributed by atoms with Crippen molar-refractivity contribution >= 4 is 17.4 Å². The van der Waals surface area contributed by atoms with Crippen LogP contribution in [0.5, 0.6) is 11.5 Å². The van der Waals surface area contributed by atoms with Crippen LogP contribution in [0.4, 0.5) is 0 Å². The molecular weight excluding hydrogens is 424 g/mol. The van der Waals surface area contributed by atoms with Gasteiger partial charge < -0.3 is 24.2 Å². The predicted octanol–water partition coefficient (Wildman–Crippen LogP) is 2.46. The number of ketones is 1. The van der Waals surface area contributed by atoms with Crippen molar-refractivity contribution in [2.45, 2.75) is 6.04 Å². The summed E-state index contributed by atoms with van der Waals surface area (Å²) in [5, 5.41) is 11.3. The molecule has 1 amide bonds. The lowest BCUT2D eigenvalue weighted by Crippen LogP contribution is -2.42. The van der Waals surface area contributed by atoms with Crippen LogP contribution >= 0.6 is 0 Å². The lowest BCUT2D eigenvalue weighted by Gasteiger charge is -2.31. The first-order valence-corrected chi connectivity index (χ1v) is 10.9. The van der Waals surface area contributed by atoms with Gasteiger partial charge in [-0.25, -0.2) is 0 Å². The smallest absolute Gasteiger partial charge is 0.295 e. The Morgan fingerprint density at radius 1 is 1.03 bits per heavy atom. The molecule has 8 nitrogen and oxygen atoms in total. The molecule has 2 heterocycles. The number of nitrogens with zero attached hydrogens (tertiary/aromatic N) is 2. The predicted molar refractivity (Wildman–Crippen MR) is 122 cm³/mol. The number of likely N-dealkylation sites (tertiary alicyclic amines) is 1. The van der Waals surface area contributed by atoms with Crippen molar-refractivity contribution in [1.82, 2.24) is 9.80 Å². The number of Topliss-reactive ketones (excluding diaryl/α,β-unsaturated/α-hetero) is 1. The maximum atomic E-state index is 13.2. The number of methoxy groups -OCH3 is 2. The van der Waals surface area contributed by atoms with E-state index in [1.807, 2.05) is 30.3 Å². The Hall–Kier alpha value is -3.36. The van der Waals surface area contributed by atoms with E-state index in [1.54, 1.807) is 23.1 Å². The topological polar surface area (TPSA) is 88.5 Å². The van der Waals surface area contributed by atoms with E-state index in [0.717, 1.165) is 18.7 Å². The number of aliphatic hydroxyl groups is 1. The van der Waals surface area contributed by atoms with Gasteiger partial charge in [0.15, 0.2) is 0 Å². The largest absolute Gasteiger partial charge is 0.507 e. The Bertz CT molecular complexity index is 1050. The molecule has 2 aliphatic heterocycles. The number of hydrogen-bond acceptors (Lipinski definition) is 7. The fourth-order valence-corrected chi connectivity index (χ4v) is 4.31. The summed E-state index contributed by atoms with van der Waals surface area (Å²) in [6, 6.07) is 13.5. The number of amides is 1. The number of benzene rings is 2. The maximum absolute atomic E-state index is 13.2. The van der Waals surface area contributed by atoms with E-state index in [0.29, 0.717) is 43.4 Å². The van der Waals surface area contributed by atoms with E-state index >= 15 is 0 Å². The third-order valence-electron chi connectivity index (χ3n) is 6.08. The van der Waals surface area contributed by atoms with Crippen LogP contribution in [-0.2, 0) is 14.3 Å². The molecule has 0 bridgehead atoms. The number of aliphatic hydroxyl groups excluding tert-OH is 1. The highest BCUT2D eigenvalue weighted by Crippen LogP contribution is 2.41. The second-order valence-corrected chi connectivity index (χ2v) is 7.92. The monoisotopic (exact) mass is 452 g/mol. The molecule has 8 heteroatoms. The standard InChI is InChI=1S/C25H28N2O6/c1-31-18-8-9-19(20(16-18)32-2)23(28)21-22(17-6-4-3-5-7-17)27(25(30)24(21)29)11-10-26-12-14-33-15-13-26/h3-9,16,22,28H,10-15H2,1-2H3/b23-21+/t22-/m1/s1. The SMILES string of the molecule is COc1ccc(/C(O)=C2\C(=O)C(=O)N(CCN3CCOCC3)[C@@H]2c2ccccc2)c(OC)c1. The molecule has 33 heavy (non-hydrogen) atoms. The molecule has 0 radical (unpaired) electrons. The van der Waals surface area contributed by atoms with E-state index < -0.39 is 17.7 Å². The fraction of sp³-hybridized carbons (Fsp3) is 0.360. The van der Waals surface area contributed by atoms with Crippen molar-refractivity contribution in [3.8, 4) is 11.5 Å². The first-order valence-electron chi connectivity index (χ1n) is 10.9. The van der Waals surface area contributed by atoms with Gasteiger partial charge in [0.1, 0.15) is 17.3 Å². The summed E-state index contributed by atoms with van der Waals surface area (Å²) in [5.41, 5.74) is 1.13. The van der Waals surface area contributed by atoms with Gasteiger partial charge in [-0.1, -0.05) is 30.3 Å². The number of carbonyl (C=O) groups excluding carboxylic acids is 2. The highest BCUT2D eigenvalue weighted by Gasteiger charge is 2.46. The highest BCUT2D eigenvalue weighted by atomic mass is 16.5. The first kappa shape index (κ1) is 22.8. The highest BCUT2D eigenvalue weighted by molar-refractivity contribution is 6.46. The second-order valence-electron chi connectivity index (χ2n) is 7.92. The zero-order valence-electron chi connectivity index (χ0n) is 18.8. The number of rotatable bonds is 7. The molecule has 174 valence electrons. The summed E-state index contributed by atoms with van der Waals surface area (Å²) in [5.74, 6) is -0.699. The number of ether oxygens (including phenoxy) is 3. The Labute approximate surface area is 193 Å². The summed E-state index contributed by atoms with van der Waals surface area (Å²) in [4.78, 5) is 30.0. The van der Waals surface area contributed by atoms with E-state index in [2.05, 4.69) is 4.90 Å². The molecule has 1 N–H and O–H groups in total. The lowest BCUT2D eigenvalue weighted by molar-refractivity contribution is -0.140. The molecule has 0 saturated carbocycles. The zero-order valence-corrected chi connectivity index (χ0v) is 18.8. The molecule has 0 spiro atoms. The van der Waals surface area contributed by atoms with Crippen LogP contribution in [0.1, 0.15) is 17.2 Å². The Kier molecular flexibility index (Phi) is 6.96. The molecule has 0 aliphatic carbocycles. The van der Waals surface area contributed by atoms with E-state index in [1.165, 1.54) is 14.2 Å². The molecule has 0 unspecified atom stereocenters. The van der Waals surface area contributed by atoms with Gasteiger partial charge in [-0.15, -0.1) is 0 Å². The summed E-state index contributed by atoms with van der Waals surface area (Å²) >= 11 is 0. The minimum absolute atomic E-state index is 0.0524. The molecule has 2 aromatic rings. The zero-order chi connectivity index (χ0) is 23.4. The van der Waals surface area contributed by atoms with Gasteiger partial charge in [-0.3, -0.25) is 14.5 Å². The summed E-state index contributed by atoms with van der Waals surface area (Å²) in [6.07, 6.45) is 0. The second kappa shape index (κ2) is 10.1. The Morgan fingerprint density at radius 3 is 2.42 bits per heavy atom. The van der Waals surface area contributed by atoms with Gasteiger partial charge in [0.05, 0.1) is 44.6 Å². The van der Waals surface area contributed by atoms with Gasteiger partial charge in [-0.05, 0) is 17.7 Å². The Balaban J connectivity index is 1.75. The van der Waals surface area contributed by atoms with Crippen molar-refractivity contribution < 1.29 is 28.9 Å². The van der Waals surface area contributed by atoms with Crippen LogP contribution in [0.3, 0.4) is 0 Å². The third-order valence-corrected chi connectivity index (χ3v) is 6.08. The van der Waals surface area contributed by atoms with Gasteiger partial charge in [0.2, 0.25) is 0 Å². The summed E-state index contributed by atoms with van der Waals surface area (Å²) in [6.45, 7) is 3.84. The first-order chi connectivity index (χ1) is 16.0. The van der Waals surface area contributed by atoms with Gasteiger partial charge in [0.25, 0.3) is 11.7 Å². The molecular formula is C25H28N2O6.